The number of carbonyl (C=O) groups excluding carboxylic acids is 1. The van der Waals surface area contributed by atoms with Crippen LogP contribution in [0.25, 0.3) is 22.4 Å². The molecule has 3 N–H and O–H groups in total. The number of nitrogens with one attached hydrogen (secondary N) is 2. The third-order valence-electron chi connectivity index (χ3n) is 4.40. The monoisotopic (exact) mass is 385 g/mol. The van der Waals surface area contributed by atoms with Crippen molar-refractivity contribution in [3.63, 3.8) is 0 Å². The van der Waals surface area contributed by atoms with Gasteiger partial charge in [-0.2, -0.15) is 4.98 Å². The zero-order valence-corrected chi connectivity index (χ0v) is 15.5. The summed E-state index contributed by atoms with van der Waals surface area (Å²) in [6, 6.07) is 7.44. The van der Waals surface area contributed by atoms with Crippen molar-refractivity contribution in [1.82, 2.24) is 10.3 Å². The van der Waals surface area contributed by atoms with E-state index in [0.717, 1.165) is 5.56 Å². The Hall–Kier alpha value is -3.42. The smallest absolute Gasteiger partial charge is 0.303 e. The fraction of sp³-hybridized carbons (Fsp3) is 0.250. The number of hydrogen-bond donors (Lipinski definition) is 3. The molecule has 3 rings (SSSR count). The molecule has 28 heavy (non-hydrogen) atoms. The SMILES string of the molecule is CNC(=O)c1c(-c2ccc(F)cc2)oc2nc(NC)c(CCCC(=O)O)cc12. The van der Waals surface area contributed by atoms with Crippen LogP contribution in [0.1, 0.15) is 28.8 Å². The number of carboxylic acid groups (broad SMARTS) is 1. The predicted octanol–water partition coefficient (Wildman–Crippen LogP) is 3.44. The number of fused-ring (bicyclic) bond motifs is 1. The number of hydrogen-bond acceptors (Lipinski definition) is 5. The molecule has 0 aliphatic carbocycles. The minimum absolute atomic E-state index is 0.0374. The Balaban J connectivity index is 2.15. The summed E-state index contributed by atoms with van der Waals surface area (Å²) >= 11 is 0. The Morgan fingerprint density at radius 1 is 1.21 bits per heavy atom. The van der Waals surface area contributed by atoms with Crippen molar-refractivity contribution in [2.75, 3.05) is 19.4 Å². The molecule has 3 aromatic rings. The number of aromatic nitrogens is 1. The average molecular weight is 385 g/mol. The van der Waals surface area contributed by atoms with E-state index in [0.29, 0.717) is 40.9 Å². The summed E-state index contributed by atoms with van der Waals surface area (Å²) < 4.78 is 19.1. The van der Waals surface area contributed by atoms with E-state index in [9.17, 15) is 14.0 Å². The number of rotatable bonds is 7. The predicted molar refractivity (Wildman–Crippen MR) is 103 cm³/mol. The normalized spacial score (nSPS) is 10.8. The molecule has 0 radical (unpaired) electrons. The second-order valence-electron chi connectivity index (χ2n) is 6.24. The molecule has 2 aromatic heterocycles. The number of furan rings is 1. The number of nitrogens with zero attached hydrogens (tertiary/aromatic N) is 1. The molecule has 2 heterocycles. The van der Waals surface area contributed by atoms with Crippen molar-refractivity contribution in [2.45, 2.75) is 19.3 Å². The van der Waals surface area contributed by atoms with Crippen molar-refractivity contribution in [3.8, 4) is 11.3 Å². The van der Waals surface area contributed by atoms with E-state index in [2.05, 4.69) is 15.6 Å². The molecule has 0 aliphatic rings. The molecule has 0 unspecified atom stereocenters. The van der Waals surface area contributed by atoms with Gasteiger partial charge >= 0.3 is 5.97 Å². The van der Waals surface area contributed by atoms with Gasteiger partial charge in [0.25, 0.3) is 5.91 Å². The van der Waals surface area contributed by atoms with Crippen molar-refractivity contribution in [1.29, 1.82) is 0 Å². The molecular formula is C20H20FN3O4. The maximum atomic E-state index is 13.3. The highest BCUT2D eigenvalue weighted by Gasteiger charge is 2.23. The van der Waals surface area contributed by atoms with Crippen molar-refractivity contribution in [3.05, 3.63) is 47.3 Å². The van der Waals surface area contributed by atoms with Gasteiger partial charge in [-0.25, -0.2) is 4.39 Å². The largest absolute Gasteiger partial charge is 0.481 e. The Labute approximate surface area is 160 Å². The summed E-state index contributed by atoms with van der Waals surface area (Å²) in [6.07, 6.45) is 0.959. The summed E-state index contributed by atoms with van der Waals surface area (Å²) in [5.41, 5.74) is 1.91. The lowest BCUT2D eigenvalue weighted by molar-refractivity contribution is -0.137. The number of amides is 1. The highest BCUT2D eigenvalue weighted by atomic mass is 19.1. The first-order valence-corrected chi connectivity index (χ1v) is 8.78. The lowest BCUT2D eigenvalue weighted by Gasteiger charge is -2.08. The molecule has 0 bridgehead atoms. The van der Waals surface area contributed by atoms with Gasteiger partial charge in [0.1, 0.15) is 17.4 Å². The molecule has 7 nitrogen and oxygen atoms in total. The second kappa shape index (κ2) is 8.08. The highest BCUT2D eigenvalue weighted by Crippen LogP contribution is 2.35. The standard InChI is InChI=1S/C20H20FN3O4/c1-22-18-12(4-3-5-15(25)26)10-14-16(19(27)23-2)17(28-20(14)24-18)11-6-8-13(21)9-7-11/h6-10H,3-5H2,1-2H3,(H,22,24)(H,23,27)(H,25,26). The van der Waals surface area contributed by atoms with E-state index < -0.39 is 11.8 Å². The van der Waals surface area contributed by atoms with Gasteiger partial charge in [-0.1, -0.05) is 0 Å². The first-order chi connectivity index (χ1) is 13.4. The molecular weight excluding hydrogens is 365 g/mol. The molecule has 1 aromatic carbocycles. The highest BCUT2D eigenvalue weighted by molar-refractivity contribution is 6.10. The molecule has 1 amide bonds. The van der Waals surface area contributed by atoms with Crippen LogP contribution in [0.15, 0.2) is 34.7 Å². The molecule has 0 saturated heterocycles. The van der Waals surface area contributed by atoms with Gasteiger partial charge in [0.05, 0.1) is 10.9 Å². The molecule has 0 saturated carbocycles. The molecule has 0 fully saturated rings. The van der Waals surface area contributed by atoms with Gasteiger partial charge in [0.2, 0.25) is 5.71 Å². The van der Waals surface area contributed by atoms with Gasteiger partial charge in [-0.05, 0) is 48.7 Å². The topological polar surface area (TPSA) is 104 Å². The van der Waals surface area contributed by atoms with Crippen LogP contribution in [-0.2, 0) is 11.2 Å². The maximum Gasteiger partial charge on any atom is 0.303 e. The van der Waals surface area contributed by atoms with Crippen LogP contribution in [0.2, 0.25) is 0 Å². The quantitative estimate of drug-likeness (QED) is 0.575. The molecule has 146 valence electrons. The van der Waals surface area contributed by atoms with Crippen LogP contribution < -0.4 is 10.6 Å². The Kier molecular flexibility index (Phi) is 5.58. The summed E-state index contributed by atoms with van der Waals surface area (Å²) in [6.45, 7) is 0. The minimum Gasteiger partial charge on any atom is -0.481 e. The summed E-state index contributed by atoms with van der Waals surface area (Å²) in [5.74, 6) is -0.758. The summed E-state index contributed by atoms with van der Waals surface area (Å²) in [5, 5.41) is 14.9. The summed E-state index contributed by atoms with van der Waals surface area (Å²) in [4.78, 5) is 27.8. The number of benzene rings is 1. The first kappa shape index (κ1) is 19.3. The number of halogens is 1. The van der Waals surface area contributed by atoms with E-state index >= 15 is 0 Å². The van der Waals surface area contributed by atoms with Crippen LogP contribution in [0.3, 0.4) is 0 Å². The van der Waals surface area contributed by atoms with Gasteiger partial charge in [0, 0.05) is 26.1 Å². The number of carbonyl (C=O) groups is 2. The van der Waals surface area contributed by atoms with Crippen molar-refractivity contribution < 1.29 is 23.5 Å². The van der Waals surface area contributed by atoms with Crippen LogP contribution in [0, 0.1) is 5.82 Å². The lowest BCUT2D eigenvalue weighted by atomic mass is 10.0. The van der Waals surface area contributed by atoms with Gasteiger partial charge in [0.15, 0.2) is 0 Å². The molecule has 0 spiro atoms. The third kappa shape index (κ3) is 3.80. The second-order valence-corrected chi connectivity index (χ2v) is 6.24. The molecule has 0 aliphatic heterocycles. The Morgan fingerprint density at radius 2 is 1.93 bits per heavy atom. The third-order valence-corrected chi connectivity index (χ3v) is 4.40. The minimum atomic E-state index is -0.868. The molecule has 8 heteroatoms. The summed E-state index contributed by atoms with van der Waals surface area (Å²) in [7, 11) is 3.22. The van der Waals surface area contributed by atoms with E-state index in [1.807, 2.05) is 0 Å². The first-order valence-electron chi connectivity index (χ1n) is 8.78. The van der Waals surface area contributed by atoms with Gasteiger partial charge in [-0.3, -0.25) is 9.59 Å². The maximum absolute atomic E-state index is 13.3. The Bertz CT molecular complexity index is 1030. The number of pyridine rings is 1. The van der Waals surface area contributed by atoms with E-state index in [-0.39, 0.29) is 18.0 Å². The number of aliphatic carboxylic acids is 1. The Morgan fingerprint density at radius 3 is 2.54 bits per heavy atom. The van der Waals surface area contributed by atoms with Crippen LogP contribution >= 0.6 is 0 Å². The van der Waals surface area contributed by atoms with E-state index in [1.165, 1.54) is 31.3 Å². The molecule has 0 atom stereocenters. The van der Waals surface area contributed by atoms with Crippen molar-refractivity contribution >= 4 is 28.8 Å². The van der Waals surface area contributed by atoms with Crippen LogP contribution in [-0.4, -0.2) is 36.1 Å². The zero-order valence-electron chi connectivity index (χ0n) is 15.5. The van der Waals surface area contributed by atoms with Crippen LogP contribution in [0.4, 0.5) is 10.2 Å². The lowest BCUT2D eigenvalue weighted by Crippen LogP contribution is -2.18. The van der Waals surface area contributed by atoms with Crippen molar-refractivity contribution in [2.24, 2.45) is 0 Å². The van der Waals surface area contributed by atoms with E-state index in [1.54, 1.807) is 13.1 Å². The van der Waals surface area contributed by atoms with Gasteiger partial charge in [-0.15, -0.1) is 0 Å². The fourth-order valence-electron chi connectivity index (χ4n) is 3.06. The van der Waals surface area contributed by atoms with Crippen LogP contribution in [0.5, 0.6) is 0 Å². The van der Waals surface area contributed by atoms with E-state index in [4.69, 9.17) is 9.52 Å². The van der Waals surface area contributed by atoms with Gasteiger partial charge < -0.3 is 20.2 Å². The zero-order chi connectivity index (χ0) is 20.3. The fourth-order valence-corrected chi connectivity index (χ4v) is 3.06. The number of carboxylic acids is 1. The average Bonchev–Trinajstić information content (AvgIpc) is 3.05. The number of anilines is 1. The number of aryl methyl sites for hydroxylation is 1.